The summed E-state index contributed by atoms with van der Waals surface area (Å²) in [5, 5.41) is 8.29. The summed E-state index contributed by atoms with van der Waals surface area (Å²) < 4.78 is 20.5. The molecule has 0 unspecified atom stereocenters. The van der Waals surface area contributed by atoms with E-state index in [4.69, 9.17) is 24.2 Å². The van der Waals surface area contributed by atoms with Gasteiger partial charge in [-0.05, 0) is 103 Å². The second kappa shape index (κ2) is 20.6. The number of rotatable bonds is 11. The van der Waals surface area contributed by atoms with Gasteiger partial charge in [0.05, 0.1) is 59.0 Å². The molecule has 0 saturated carbocycles. The van der Waals surface area contributed by atoms with Crippen molar-refractivity contribution < 1.29 is 33.4 Å². The molecular formula is C51H68N8O7S. The van der Waals surface area contributed by atoms with Crippen molar-refractivity contribution in [1.82, 2.24) is 40.1 Å². The van der Waals surface area contributed by atoms with Gasteiger partial charge in [-0.25, -0.2) is 10.4 Å². The summed E-state index contributed by atoms with van der Waals surface area (Å²) in [6.07, 6.45) is 3.11. The third kappa shape index (κ3) is 11.1. The van der Waals surface area contributed by atoms with Crippen molar-refractivity contribution in [3.63, 3.8) is 0 Å². The van der Waals surface area contributed by atoms with Crippen LogP contribution in [0.25, 0.3) is 33.4 Å². The molecule has 3 amide bonds. The van der Waals surface area contributed by atoms with Gasteiger partial charge < -0.3 is 29.0 Å². The number of nitrogens with zero attached hydrogens (tertiary/aromatic N) is 6. The maximum absolute atomic E-state index is 14.6. The summed E-state index contributed by atoms with van der Waals surface area (Å²) in [5.74, 6) is 3.73. The highest BCUT2D eigenvalue weighted by atomic mass is 32.1. The number of fused-ring (bicyclic) bond motifs is 6. The Balaban J connectivity index is 1.18. The normalized spacial score (nSPS) is 20.2. The van der Waals surface area contributed by atoms with E-state index in [9.17, 15) is 19.2 Å². The Hall–Kier alpha value is -5.18. The third-order valence-corrected chi connectivity index (χ3v) is 14.4. The van der Waals surface area contributed by atoms with Crippen LogP contribution in [0.3, 0.4) is 0 Å². The molecule has 0 aliphatic carbocycles. The Labute approximate surface area is 399 Å². The number of cyclic esters (lactones) is 1. The van der Waals surface area contributed by atoms with Gasteiger partial charge in [-0.1, -0.05) is 39.7 Å². The zero-order valence-corrected chi connectivity index (χ0v) is 41.8. The lowest BCUT2D eigenvalue weighted by atomic mass is 9.84. The highest BCUT2D eigenvalue weighted by Crippen LogP contribution is 2.42. The quantitative estimate of drug-likeness (QED) is 0.133. The molecular weight excluding hydrogens is 869 g/mol. The molecule has 67 heavy (non-hydrogen) atoms. The number of aromatic nitrogens is 3. The average molecular weight is 937 g/mol. The molecule has 6 heterocycles. The molecule has 7 rings (SSSR count). The van der Waals surface area contributed by atoms with E-state index in [0.717, 1.165) is 44.7 Å². The number of ether oxygens (including phenoxy) is 3. The molecule has 0 spiro atoms. The van der Waals surface area contributed by atoms with Crippen LogP contribution in [0, 0.1) is 29.1 Å². The number of likely N-dealkylation sites (tertiary alicyclic amines) is 1. The zero-order chi connectivity index (χ0) is 48.4. The standard InChI is InChI=1S/C51H68N8O7S/c1-12-58-42-18-17-33-23-36(42)37(46(58)35-15-13-21-52-45(35)32(4)64-11)25-50(5,6)30-66-49(63)39-16-14-22-59(55-39)48(62)40(24-43-53-41(33)29-67-43)54-47(61)38(31(2)3)28-65-34-26-57(27-34)44(60)19-20-51(7,8)56(9)10/h13,15,17-18,21,23,29,31-32,34,38-40,55H,12,14,16,22,24-28,30H2,1-11H3,(H,54,61)/t32-,38-,39-,40-/m0/s1. The molecule has 360 valence electrons. The summed E-state index contributed by atoms with van der Waals surface area (Å²) in [6.45, 7) is 18.3. The fourth-order valence-electron chi connectivity index (χ4n) is 8.76. The number of carbonyl (C=O) groups excluding carboxylic acids is 4. The smallest absolute Gasteiger partial charge is 0.324 e. The third-order valence-electron chi connectivity index (χ3n) is 13.5. The van der Waals surface area contributed by atoms with Crippen molar-refractivity contribution in [1.29, 1.82) is 0 Å². The maximum atomic E-state index is 14.6. The van der Waals surface area contributed by atoms with Gasteiger partial charge in [-0.15, -0.1) is 11.3 Å². The van der Waals surface area contributed by atoms with E-state index in [0.29, 0.717) is 50.4 Å². The van der Waals surface area contributed by atoms with Crippen LogP contribution >= 0.6 is 11.3 Å². The highest BCUT2D eigenvalue weighted by Gasteiger charge is 2.38. The van der Waals surface area contributed by atoms with Crippen LogP contribution in [0.4, 0.5) is 0 Å². The number of esters is 1. The van der Waals surface area contributed by atoms with Crippen LogP contribution in [0.2, 0.25) is 0 Å². The molecule has 15 nitrogen and oxygen atoms in total. The van der Waals surface area contributed by atoms with Gasteiger partial charge in [0.1, 0.15) is 12.1 Å². The van der Waals surface area contributed by atoms with E-state index in [1.165, 1.54) is 16.3 Å². The second-order valence-corrected chi connectivity index (χ2v) is 20.9. The first-order valence-corrected chi connectivity index (χ1v) is 24.4. The number of aryl methyl sites for hydroxylation is 1. The largest absolute Gasteiger partial charge is 0.464 e. The number of amides is 3. The summed E-state index contributed by atoms with van der Waals surface area (Å²) in [6, 6.07) is 8.73. The van der Waals surface area contributed by atoms with Gasteiger partial charge in [0.15, 0.2) is 0 Å². The van der Waals surface area contributed by atoms with Gasteiger partial charge in [0, 0.05) is 78.7 Å². The lowest BCUT2D eigenvalue weighted by molar-refractivity contribution is -0.155. The van der Waals surface area contributed by atoms with Gasteiger partial charge in [-0.2, -0.15) is 0 Å². The van der Waals surface area contributed by atoms with E-state index >= 15 is 0 Å². The fraction of sp³-hybridized carbons (Fsp3) is 0.569. The number of hydrazine groups is 1. The number of carbonyl (C=O) groups is 4. The molecule has 4 atom stereocenters. The van der Waals surface area contributed by atoms with Crippen molar-refractivity contribution in [3.05, 3.63) is 58.2 Å². The molecule has 3 aliphatic heterocycles. The highest BCUT2D eigenvalue weighted by molar-refractivity contribution is 7.10. The summed E-state index contributed by atoms with van der Waals surface area (Å²) in [4.78, 5) is 69.0. The van der Waals surface area contributed by atoms with Gasteiger partial charge in [0.2, 0.25) is 5.91 Å². The van der Waals surface area contributed by atoms with Crippen molar-refractivity contribution in [3.8, 4) is 34.4 Å². The molecule has 2 N–H and O–H groups in total. The molecule has 16 heteroatoms. The van der Waals surface area contributed by atoms with E-state index in [-0.39, 0.29) is 55.5 Å². The van der Waals surface area contributed by atoms with Crippen molar-refractivity contribution in [2.24, 2.45) is 17.3 Å². The Bertz CT molecular complexity index is 2530. The minimum Gasteiger partial charge on any atom is -0.464 e. The SMILES string of the molecule is CCn1c(-c2cccnc2[C@H](C)OC)c2c3cc(ccc31)-c1csc(n1)C[C@H](NC(=O)[C@@H](COC1CN(C(=O)C#CC(C)(C)N(C)C)C1)C(C)C)C(=O)N1CCC[C@H](N1)C(=O)OCC(C)(C)C2. The Kier molecular flexibility index (Phi) is 15.3. The van der Waals surface area contributed by atoms with Gasteiger partial charge in [0.25, 0.3) is 11.8 Å². The van der Waals surface area contributed by atoms with Crippen LogP contribution in [-0.4, -0.2) is 131 Å². The van der Waals surface area contributed by atoms with Crippen LogP contribution < -0.4 is 10.7 Å². The first kappa shape index (κ1) is 49.7. The van der Waals surface area contributed by atoms with E-state index < -0.39 is 34.9 Å². The molecule has 3 aromatic heterocycles. The van der Waals surface area contributed by atoms with E-state index in [1.807, 2.05) is 65.1 Å². The minimum atomic E-state index is -0.993. The minimum absolute atomic E-state index is 0.115. The lowest BCUT2D eigenvalue weighted by Crippen LogP contribution is -2.61. The Morgan fingerprint density at radius 2 is 1.91 bits per heavy atom. The van der Waals surface area contributed by atoms with Crippen molar-refractivity contribution in [2.45, 2.75) is 117 Å². The average Bonchev–Trinajstić information content (AvgIpc) is 3.88. The molecule has 0 radical (unpaired) electrons. The Morgan fingerprint density at radius 1 is 1.15 bits per heavy atom. The number of thiazole rings is 1. The van der Waals surface area contributed by atoms with E-state index in [2.05, 4.69) is 72.2 Å². The first-order chi connectivity index (χ1) is 31.8. The molecule has 1 aromatic carbocycles. The summed E-state index contributed by atoms with van der Waals surface area (Å²) in [7, 11) is 5.53. The molecule has 4 aromatic rings. The number of nitrogens with one attached hydrogen (secondary N) is 2. The lowest BCUT2D eigenvalue weighted by Gasteiger charge is -2.38. The molecule has 6 bridgehead atoms. The molecule has 2 fully saturated rings. The summed E-state index contributed by atoms with van der Waals surface area (Å²) >= 11 is 1.44. The van der Waals surface area contributed by atoms with Crippen LogP contribution in [0.1, 0.15) is 90.6 Å². The number of benzene rings is 1. The van der Waals surface area contributed by atoms with Gasteiger partial charge in [-0.3, -0.25) is 34.1 Å². The van der Waals surface area contributed by atoms with Crippen molar-refractivity contribution >= 4 is 45.9 Å². The van der Waals surface area contributed by atoms with Gasteiger partial charge >= 0.3 is 5.97 Å². The predicted molar refractivity (Wildman–Crippen MR) is 260 cm³/mol. The zero-order valence-electron chi connectivity index (χ0n) is 41.0. The van der Waals surface area contributed by atoms with E-state index in [1.54, 1.807) is 18.2 Å². The molecule has 3 aliphatic rings. The number of pyridine rings is 1. The topological polar surface area (TPSA) is 160 Å². The van der Waals surface area contributed by atoms with Crippen LogP contribution in [0.15, 0.2) is 41.9 Å². The molecule has 2 saturated heterocycles. The maximum Gasteiger partial charge on any atom is 0.324 e. The van der Waals surface area contributed by atoms with Crippen LogP contribution in [0.5, 0.6) is 0 Å². The Morgan fingerprint density at radius 3 is 2.61 bits per heavy atom. The van der Waals surface area contributed by atoms with Crippen molar-refractivity contribution in [2.75, 3.05) is 54.1 Å². The summed E-state index contributed by atoms with van der Waals surface area (Å²) in [5.41, 5.74) is 8.97. The van der Waals surface area contributed by atoms with Crippen LogP contribution in [-0.2, 0) is 52.8 Å². The fourth-order valence-corrected chi connectivity index (χ4v) is 9.61. The first-order valence-electron chi connectivity index (χ1n) is 23.5. The monoisotopic (exact) mass is 936 g/mol. The number of hydrogen-bond acceptors (Lipinski definition) is 12. The second-order valence-electron chi connectivity index (χ2n) is 20.0. The number of methoxy groups -OCH3 is 1. The predicted octanol–water partition coefficient (Wildman–Crippen LogP) is 6.05. The number of hydrogen-bond donors (Lipinski definition) is 2.